The normalized spacial score (nSPS) is 21.0. The van der Waals surface area contributed by atoms with Gasteiger partial charge in [0.15, 0.2) is 0 Å². The van der Waals surface area contributed by atoms with Crippen molar-refractivity contribution in [3.05, 3.63) is 73.4 Å². The zero-order valence-corrected chi connectivity index (χ0v) is 14.8. The van der Waals surface area contributed by atoms with Gasteiger partial charge in [0.1, 0.15) is 24.7 Å². The van der Waals surface area contributed by atoms with Crippen LogP contribution >= 0.6 is 0 Å². The third-order valence-electron chi connectivity index (χ3n) is 4.27. The van der Waals surface area contributed by atoms with E-state index in [1.165, 1.54) is 23.9 Å². The van der Waals surface area contributed by atoms with Crippen LogP contribution in [0, 0.1) is 0 Å². The Bertz CT molecular complexity index is 1010. The fraction of sp³-hybridized carbons (Fsp3) is 0.353. The van der Waals surface area contributed by atoms with Gasteiger partial charge in [0.2, 0.25) is 0 Å². The summed E-state index contributed by atoms with van der Waals surface area (Å²) in [6.45, 7) is -0.164. The van der Waals surface area contributed by atoms with Crippen LogP contribution in [0.25, 0.3) is 10.4 Å². The van der Waals surface area contributed by atoms with Gasteiger partial charge >= 0.3 is 11.7 Å². The first-order chi connectivity index (χ1) is 13.5. The summed E-state index contributed by atoms with van der Waals surface area (Å²) < 4.78 is 17.2. The molecule has 3 atom stereocenters. The molecule has 1 N–H and O–H groups in total. The maximum Gasteiger partial charge on any atom is 0.338 e. The van der Waals surface area contributed by atoms with E-state index in [9.17, 15) is 14.4 Å². The molecule has 2 heterocycles. The molecule has 2 aromatic rings. The Morgan fingerprint density at radius 1 is 1.36 bits per heavy atom. The molecule has 28 heavy (non-hydrogen) atoms. The van der Waals surface area contributed by atoms with Gasteiger partial charge in [0.05, 0.1) is 18.7 Å². The SMILES string of the molecule is COc1ccc(C(=O)OC[C@H]2O[C@@H](n3ccc(=O)[nH]c3=O)C[C@@H]2N=[N+]=[N-])cc1. The van der Waals surface area contributed by atoms with Crippen LogP contribution < -0.4 is 16.0 Å². The molecule has 1 fully saturated rings. The number of hydrogen-bond donors (Lipinski definition) is 1. The van der Waals surface area contributed by atoms with Crippen molar-refractivity contribution in [2.75, 3.05) is 13.7 Å². The lowest BCUT2D eigenvalue weighted by atomic mass is 10.1. The maximum absolute atomic E-state index is 12.2. The number of esters is 1. The highest BCUT2D eigenvalue weighted by atomic mass is 16.6. The third-order valence-corrected chi connectivity index (χ3v) is 4.27. The van der Waals surface area contributed by atoms with Crippen LogP contribution in [-0.4, -0.2) is 41.4 Å². The van der Waals surface area contributed by atoms with E-state index in [4.69, 9.17) is 19.7 Å². The Kier molecular flexibility index (Phi) is 5.78. The van der Waals surface area contributed by atoms with E-state index in [0.717, 1.165) is 0 Å². The van der Waals surface area contributed by atoms with Gasteiger partial charge in [-0.05, 0) is 29.8 Å². The molecule has 146 valence electrons. The number of ether oxygens (including phenoxy) is 3. The van der Waals surface area contributed by atoms with Gasteiger partial charge in [-0.25, -0.2) is 9.59 Å². The molecular weight excluding hydrogens is 370 g/mol. The quantitative estimate of drug-likeness (QED) is 0.342. The van der Waals surface area contributed by atoms with Crippen LogP contribution in [0.1, 0.15) is 23.0 Å². The molecule has 1 aliphatic rings. The highest BCUT2D eigenvalue weighted by molar-refractivity contribution is 5.89. The molecule has 0 amide bonds. The van der Waals surface area contributed by atoms with Crippen molar-refractivity contribution in [3.8, 4) is 5.75 Å². The average molecular weight is 387 g/mol. The Morgan fingerprint density at radius 3 is 2.75 bits per heavy atom. The number of nitrogens with one attached hydrogen (secondary N) is 1. The van der Waals surface area contributed by atoms with E-state index in [0.29, 0.717) is 11.3 Å². The second-order valence-electron chi connectivity index (χ2n) is 5.98. The fourth-order valence-electron chi connectivity index (χ4n) is 2.85. The summed E-state index contributed by atoms with van der Waals surface area (Å²) >= 11 is 0. The lowest BCUT2D eigenvalue weighted by molar-refractivity contribution is -0.0362. The molecule has 0 bridgehead atoms. The number of benzene rings is 1. The first kappa shape index (κ1) is 19.2. The molecule has 1 aromatic carbocycles. The van der Waals surface area contributed by atoms with E-state index in [-0.39, 0.29) is 13.0 Å². The van der Waals surface area contributed by atoms with Crippen LogP contribution in [0.4, 0.5) is 0 Å². The number of hydrogen-bond acceptors (Lipinski definition) is 7. The zero-order chi connectivity index (χ0) is 20.1. The molecule has 11 heteroatoms. The first-order valence-electron chi connectivity index (χ1n) is 8.34. The van der Waals surface area contributed by atoms with Gasteiger partial charge in [-0.3, -0.25) is 14.3 Å². The van der Waals surface area contributed by atoms with Gasteiger partial charge < -0.3 is 14.2 Å². The highest BCUT2D eigenvalue weighted by Crippen LogP contribution is 2.30. The number of aromatic amines is 1. The summed E-state index contributed by atoms with van der Waals surface area (Å²) in [5, 5.41) is 3.66. The van der Waals surface area contributed by atoms with Gasteiger partial charge in [0.25, 0.3) is 5.56 Å². The van der Waals surface area contributed by atoms with E-state index in [2.05, 4.69) is 15.0 Å². The Morgan fingerprint density at radius 2 is 2.11 bits per heavy atom. The standard InChI is InChI=1S/C17H17N5O6/c1-26-11-4-2-10(3-5-11)16(24)27-9-13-12(20-21-18)8-15(28-13)22-7-6-14(23)19-17(22)25/h2-7,12-13,15H,8-9H2,1H3,(H,19,23,25)/t12-,13+,15+/m0/s1. The van der Waals surface area contributed by atoms with Crippen LogP contribution in [0.3, 0.4) is 0 Å². The summed E-state index contributed by atoms with van der Waals surface area (Å²) in [4.78, 5) is 40.2. The van der Waals surface area contributed by atoms with Crippen molar-refractivity contribution in [3.63, 3.8) is 0 Å². The van der Waals surface area contributed by atoms with Crippen LogP contribution in [0.15, 0.2) is 51.2 Å². The lowest BCUT2D eigenvalue weighted by Gasteiger charge is -2.16. The van der Waals surface area contributed by atoms with E-state index >= 15 is 0 Å². The largest absolute Gasteiger partial charge is 0.497 e. The summed E-state index contributed by atoms with van der Waals surface area (Å²) in [6, 6.07) is 6.92. The zero-order valence-electron chi connectivity index (χ0n) is 14.8. The molecule has 0 radical (unpaired) electrons. The molecule has 11 nitrogen and oxygen atoms in total. The topological polar surface area (TPSA) is 148 Å². The summed E-state index contributed by atoms with van der Waals surface area (Å²) in [7, 11) is 1.52. The Hall–Kier alpha value is -3.56. The molecule has 1 aromatic heterocycles. The smallest absolute Gasteiger partial charge is 0.338 e. The monoisotopic (exact) mass is 387 g/mol. The number of carbonyl (C=O) groups excluding carboxylic acids is 1. The van der Waals surface area contributed by atoms with Crippen molar-refractivity contribution in [1.82, 2.24) is 9.55 Å². The number of carbonyl (C=O) groups is 1. The van der Waals surface area contributed by atoms with Gasteiger partial charge in [-0.2, -0.15) is 0 Å². The lowest BCUT2D eigenvalue weighted by Crippen LogP contribution is -2.32. The Balaban J connectivity index is 1.69. The van der Waals surface area contributed by atoms with Crippen LogP contribution in [-0.2, 0) is 9.47 Å². The van der Waals surface area contributed by atoms with E-state index in [1.807, 2.05) is 0 Å². The third kappa shape index (κ3) is 4.22. The van der Waals surface area contributed by atoms with Gasteiger partial charge in [-0.1, -0.05) is 5.11 Å². The molecule has 1 saturated heterocycles. The minimum absolute atomic E-state index is 0.164. The molecule has 1 aliphatic heterocycles. The Labute approximate surface area is 158 Å². The minimum Gasteiger partial charge on any atom is -0.497 e. The van der Waals surface area contributed by atoms with Crippen molar-refractivity contribution in [1.29, 1.82) is 0 Å². The highest BCUT2D eigenvalue weighted by Gasteiger charge is 2.37. The average Bonchev–Trinajstić information content (AvgIpc) is 3.09. The number of nitrogens with zero attached hydrogens (tertiary/aromatic N) is 4. The van der Waals surface area contributed by atoms with Crippen LogP contribution in [0.2, 0.25) is 0 Å². The number of rotatable bonds is 6. The maximum atomic E-state index is 12.2. The summed E-state index contributed by atoms with van der Waals surface area (Å²) in [6.07, 6.45) is -0.00246. The molecule has 3 rings (SSSR count). The molecule has 0 saturated carbocycles. The predicted molar refractivity (Wildman–Crippen MR) is 96.1 cm³/mol. The number of H-pyrrole nitrogens is 1. The molecule has 0 unspecified atom stereocenters. The number of aromatic nitrogens is 2. The van der Waals surface area contributed by atoms with Crippen molar-refractivity contribution in [2.24, 2.45) is 5.11 Å². The van der Waals surface area contributed by atoms with Crippen molar-refractivity contribution >= 4 is 5.97 Å². The van der Waals surface area contributed by atoms with E-state index in [1.54, 1.807) is 24.3 Å². The fourth-order valence-corrected chi connectivity index (χ4v) is 2.85. The molecule has 0 aliphatic carbocycles. The molecular formula is C17H17N5O6. The summed E-state index contributed by atoms with van der Waals surface area (Å²) in [5.74, 6) is 0.0314. The van der Waals surface area contributed by atoms with E-state index < -0.39 is 35.6 Å². The predicted octanol–water partition coefficient (Wildman–Crippen LogP) is 1.37. The van der Waals surface area contributed by atoms with Crippen LogP contribution in [0.5, 0.6) is 5.75 Å². The second-order valence-corrected chi connectivity index (χ2v) is 5.98. The molecule has 0 spiro atoms. The number of azide groups is 1. The second kappa shape index (κ2) is 8.42. The first-order valence-corrected chi connectivity index (χ1v) is 8.34. The minimum atomic E-state index is -0.760. The van der Waals surface area contributed by atoms with Crippen molar-refractivity contribution in [2.45, 2.75) is 24.8 Å². The summed E-state index contributed by atoms with van der Waals surface area (Å²) in [5.41, 5.74) is 7.91. The van der Waals surface area contributed by atoms with Gasteiger partial charge in [0, 0.05) is 23.6 Å². The van der Waals surface area contributed by atoms with Crippen molar-refractivity contribution < 1.29 is 19.0 Å². The van der Waals surface area contributed by atoms with Gasteiger partial charge in [-0.15, -0.1) is 0 Å². The number of methoxy groups -OCH3 is 1.